The minimum absolute atomic E-state index is 0.0831. The van der Waals surface area contributed by atoms with Crippen molar-refractivity contribution in [2.75, 3.05) is 54.1 Å². The molecule has 4 rings (SSSR count). The summed E-state index contributed by atoms with van der Waals surface area (Å²) in [5.74, 6) is 1.26. The molecule has 12 nitrogen and oxygen atoms in total. The number of hydrogen-bond donors (Lipinski definition) is 0. The number of amides is 1. The van der Waals surface area contributed by atoms with Crippen molar-refractivity contribution < 1.29 is 19.0 Å². The van der Waals surface area contributed by atoms with Crippen LogP contribution in [0.2, 0.25) is 0 Å². The van der Waals surface area contributed by atoms with E-state index >= 15 is 0 Å². The Hall–Kier alpha value is -3.80. The van der Waals surface area contributed by atoms with E-state index in [0.717, 1.165) is 30.6 Å². The van der Waals surface area contributed by atoms with Crippen molar-refractivity contribution in [2.45, 2.75) is 13.0 Å². The zero-order chi connectivity index (χ0) is 26.0. The predicted molar refractivity (Wildman–Crippen MR) is 133 cm³/mol. The van der Waals surface area contributed by atoms with Crippen LogP contribution < -0.4 is 25.5 Å². The lowest BCUT2D eigenvalue weighted by atomic mass is 10.1. The van der Waals surface area contributed by atoms with E-state index in [0.29, 0.717) is 53.6 Å². The minimum Gasteiger partial charge on any atom is -0.493 e. The van der Waals surface area contributed by atoms with Gasteiger partial charge in [-0.1, -0.05) is 0 Å². The van der Waals surface area contributed by atoms with Gasteiger partial charge in [-0.3, -0.25) is 23.6 Å². The van der Waals surface area contributed by atoms with Gasteiger partial charge in [-0.15, -0.1) is 0 Å². The molecule has 0 saturated carbocycles. The van der Waals surface area contributed by atoms with Crippen LogP contribution >= 0.6 is 0 Å². The third kappa shape index (κ3) is 4.55. The van der Waals surface area contributed by atoms with Gasteiger partial charge in [-0.2, -0.15) is 0 Å². The van der Waals surface area contributed by atoms with E-state index in [-0.39, 0.29) is 11.5 Å². The first-order valence-electron chi connectivity index (χ1n) is 11.7. The molecule has 1 aliphatic rings. The Kier molecular flexibility index (Phi) is 7.34. The van der Waals surface area contributed by atoms with Crippen LogP contribution in [0.4, 0.5) is 0 Å². The Morgan fingerprint density at radius 2 is 1.56 bits per heavy atom. The number of methoxy groups -OCH3 is 3. The van der Waals surface area contributed by atoms with E-state index < -0.39 is 5.69 Å². The van der Waals surface area contributed by atoms with Crippen LogP contribution in [0.25, 0.3) is 11.2 Å². The molecule has 3 aromatic rings. The number of carbonyl (C=O) groups excluding carboxylic acids is 1. The molecule has 1 amide bonds. The molecule has 0 aliphatic carbocycles. The third-order valence-electron chi connectivity index (χ3n) is 6.66. The molecule has 1 saturated heterocycles. The molecule has 1 aliphatic heterocycles. The van der Waals surface area contributed by atoms with Crippen molar-refractivity contribution in [1.82, 2.24) is 28.5 Å². The number of aromatic nitrogens is 4. The summed E-state index contributed by atoms with van der Waals surface area (Å²) in [5, 5.41) is 0. The normalized spacial score (nSPS) is 14.3. The molecule has 12 heteroatoms. The first-order valence-corrected chi connectivity index (χ1v) is 11.7. The van der Waals surface area contributed by atoms with Crippen molar-refractivity contribution in [3.05, 3.63) is 44.9 Å². The highest BCUT2D eigenvalue weighted by Crippen LogP contribution is 2.38. The molecule has 194 valence electrons. The second kappa shape index (κ2) is 10.4. The van der Waals surface area contributed by atoms with Gasteiger partial charge in [0.2, 0.25) is 5.75 Å². The van der Waals surface area contributed by atoms with Crippen molar-refractivity contribution in [1.29, 1.82) is 0 Å². The molecule has 0 atom stereocenters. The molecule has 0 radical (unpaired) electrons. The molecular formula is C24H32N6O6. The summed E-state index contributed by atoms with van der Waals surface area (Å²) in [7, 11) is 7.66. The summed E-state index contributed by atoms with van der Waals surface area (Å²) in [6.07, 6.45) is 2.41. The predicted octanol–water partition coefficient (Wildman–Crippen LogP) is 0.308. The number of aryl methyl sites for hydroxylation is 2. The molecule has 3 heterocycles. The van der Waals surface area contributed by atoms with E-state index in [9.17, 15) is 14.4 Å². The average molecular weight is 501 g/mol. The third-order valence-corrected chi connectivity index (χ3v) is 6.66. The standard InChI is InChI=1S/C24H32N6O6/c1-26-21-19(23(32)27(2)24(26)33)30(15-25-21)8-6-7-28-9-11-29(12-10-28)22(31)16-13-17(34-3)20(36-5)18(14-16)35-4/h13-15H,6-12H2,1-5H3. The first-order chi connectivity index (χ1) is 17.3. The van der Waals surface area contributed by atoms with Crippen molar-refractivity contribution in [2.24, 2.45) is 14.1 Å². The Balaban J connectivity index is 1.35. The summed E-state index contributed by atoms with van der Waals surface area (Å²) in [6, 6.07) is 3.34. The van der Waals surface area contributed by atoms with E-state index in [1.54, 1.807) is 30.1 Å². The number of fused-ring (bicyclic) bond motifs is 1. The molecule has 0 spiro atoms. The smallest absolute Gasteiger partial charge is 0.332 e. The molecule has 0 unspecified atom stereocenters. The van der Waals surface area contributed by atoms with Crippen LogP contribution in [-0.4, -0.2) is 88.4 Å². The number of hydrogen-bond acceptors (Lipinski definition) is 8. The summed E-state index contributed by atoms with van der Waals surface area (Å²) < 4.78 is 20.4. The zero-order valence-corrected chi connectivity index (χ0v) is 21.3. The fourth-order valence-corrected chi connectivity index (χ4v) is 4.59. The second-order valence-electron chi connectivity index (χ2n) is 8.72. The largest absolute Gasteiger partial charge is 0.493 e. The van der Waals surface area contributed by atoms with Gasteiger partial charge in [0, 0.05) is 52.4 Å². The number of imidazole rings is 1. The first kappa shape index (κ1) is 25.3. The monoisotopic (exact) mass is 500 g/mol. The fraction of sp³-hybridized carbons (Fsp3) is 0.500. The molecule has 2 aromatic heterocycles. The molecule has 1 fully saturated rings. The maximum absolute atomic E-state index is 13.1. The van der Waals surface area contributed by atoms with Gasteiger partial charge in [0.1, 0.15) is 0 Å². The maximum atomic E-state index is 13.1. The number of benzene rings is 1. The SMILES string of the molecule is COc1cc(C(=O)N2CCN(CCCn3cnc4c3c(=O)n(C)c(=O)n4C)CC2)cc(OC)c1OC. The van der Waals surface area contributed by atoms with Gasteiger partial charge in [-0.05, 0) is 25.1 Å². The Labute approximate surface area is 208 Å². The fourth-order valence-electron chi connectivity index (χ4n) is 4.59. The van der Waals surface area contributed by atoms with Crippen LogP contribution in [0.15, 0.2) is 28.0 Å². The van der Waals surface area contributed by atoms with Crippen LogP contribution in [0.5, 0.6) is 17.2 Å². The zero-order valence-electron chi connectivity index (χ0n) is 21.3. The van der Waals surface area contributed by atoms with Crippen LogP contribution in [0.3, 0.4) is 0 Å². The van der Waals surface area contributed by atoms with Crippen LogP contribution in [0, 0.1) is 0 Å². The number of carbonyl (C=O) groups is 1. The van der Waals surface area contributed by atoms with E-state index in [2.05, 4.69) is 9.88 Å². The quantitative estimate of drug-likeness (QED) is 0.434. The summed E-state index contributed by atoms with van der Waals surface area (Å²) >= 11 is 0. The lowest BCUT2D eigenvalue weighted by Gasteiger charge is -2.35. The highest BCUT2D eigenvalue weighted by Gasteiger charge is 2.25. The molecule has 1 aromatic carbocycles. The highest BCUT2D eigenvalue weighted by atomic mass is 16.5. The van der Waals surface area contributed by atoms with Gasteiger partial charge in [0.05, 0.1) is 27.7 Å². The van der Waals surface area contributed by atoms with Crippen molar-refractivity contribution in [3.8, 4) is 17.2 Å². The van der Waals surface area contributed by atoms with Crippen molar-refractivity contribution >= 4 is 17.1 Å². The molecule has 0 bridgehead atoms. The van der Waals surface area contributed by atoms with Gasteiger partial charge >= 0.3 is 5.69 Å². The maximum Gasteiger partial charge on any atom is 0.332 e. The Morgan fingerprint density at radius 3 is 2.14 bits per heavy atom. The lowest BCUT2D eigenvalue weighted by molar-refractivity contribution is 0.0634. The van der Waals surface area contributed by atoms with Crippen molar-refractivity contribution in [3.63, 3.8) is 0 Å². The van der Waals surface area contributed by atoms with E-state index in [1.807, 2.05) is 4.90 Å². The molecule has 0 N–H and O–H groups in total. The van der Waals surface area contributed by atoms with E-state index in [4.69, 9.17) is 14.2 Å². The van der Waals surface area contributed by atoms with Crippen LogP contribution in [0.1, 0.15) is 16.8 Å². The second-order valence-corrected chi connectivity index (χ2v) is 8.72. The number of ether oxygens (including phenoxy) is 3. The molecular weight excluding hydrogens is 468 g/mol. The van der Waals surface area contributed by atoms with Crippen LogP contribution in [-0.2, 0) is 20.6 Å². The summed E-state index contributed by atoms with van der Waals surface area (Å²) in [4.78, 5) is 46.2. The number of piperazine rings is 1. The summed E-state index contributed by atoms with van der Waals surface area (Å²) in [6.45, 7) is 4.12. The highest BCUT2D eigenvalue weighted by molar-refractivity contribution is 5.95. The van der Waals surface area contributed by atoms with Gasteiger partial charge in [0.15, 0.2) is 22.7 Å². The Bertz CT molecular complexity index is 1360. The number of rotatable bonds is 8. The van der Waals surface area contributed by atoms with Gasteiger partial charge < -0.3 is 23.7 Å². The lowest BCUT2D eigenvalue weighted by Crippen LogP contribution is -2.49. The van der Waals surface area contributed by atoms with E-state index in [1.165, 1.54) is 32.9 Å². The minimum atomic E-state index is -0.392. The topological polar surface area (TPSA) is 113 Å². The average Bonchev–Trinajstić information content (AvgIpc) is 3.33. The number of nitrogens with zero attached hydrogens (tertiary/aromatic N) is 6. The van der Waals surface area contributed by atoms with Gasteiger partial charge in [0.25, 0.3) is 11.5 Å². The summed E-state index contributed by atoms with van der Waals surface area (Å²) in [5.41, 5.74) is 0.574. The Morgan fingerprint density at radius 1 is 0.917 bits per heavy atom. The van der Waals surface area contributed by atoms with Gasteiger partial charge in [-0.25, -0.2) is 9.78 Å². The molecule has 36 heavy (non-hydrogen) atoms.